The molecule has 5 atom stereocenters. The third-order valence-corrected chi connectivity index (χ3v) is 2.04. The molecule has 0 bridgehead atoms. The predicted octanol–water partition coefficient (Wildman–Crippen LogP) is -1.90. The summed E-state index contributed by atoms with van der Waals surface area (Å²) < 4.78 is 4.72. The average Bonchev–Trinajstić information content (AvgIpc) is 2.42. The van der Waals surface area contributed by atoms with Crippen LogP contribution in [-0.4, -0.2) is 57.7 Å². The summed E-state index contributed by atoms with van der Waals surface area (Å²) >= 11 is 0. The third kappa shape index (κ3) is 1.95. The maximum Gasteiger partial charge on any atom is 0.183 e. The highest BCUT2D eigenvalue weighted by atomic mass is 16.6. The number of azide groups is 1. The Bertz CT molecular complexity index is 244. The van der Waals surface area contributed by atoms with E-state index in [1.54, 1.807) is 0 Å². The van der Waals surface area contributed by atoms with Gasteiger partial charge in [0, 0.05) is 4.91 Å². The second-order valence-electron chi connectivity index (χ2n) is 2.93. The molecular formula is C6H11N3O5. The van der Waals surface area contributed by atoms with Crippen molar-refractivity contribution in [1.82, 2.24) is 0 Å². The zero-order valence-corrected chi connectivity index (χ0v) is 7.13. The third-order valence-electron chi connectivity index (χ3n) is 2.04. The number of nitrogens with zero attached hydrogens (tertiary/aromatic N) is 3. The van der Waals surface area contributed by atoms with Crippen LogP contribution in [0.4, 0.5) is 0 Å². The Kier molecular flexibility index (Phi) is 3.64. The molecule has 1 rings (SSSR count). The average molecular weight is 205 g/mol. The lowest BCUT2D eigenvalue weighted by Crippen LogP contribution is -2.39. The molecule has 0 spiro atoms. The molecule has 1 unspecified atom stereocenters. The summed E-state index contributed by atoms with van der Waals surface area (Å²) in [5.41, 5.74) is 8.13. The molecule has 0 amide bonds. The molecule has 1 heterocycles. The Balaban J connectivity index is 2.73. The Morgan fingerprint density at radius 2 is 2.00 bits per heavy atom. The highest BCUT2D eigenvalue weighted by Gasteiger charge is 2.45. The van der Waals surface area contributed by atoms with Gasteiger partial charge >= 0.3 is 0 Å². The van der Waals surface area contributed by atoms with Crippen LogP contribution in [0.5, 0.6) is 0 Å². The van der Waals surface area contributed by atoms with Crippen LogP contribution in [-0.2, 0) is 4.74 Å². The van der Waals surface area contributed by atoms with E-state index in [0.717, 1.165) is 0 Å². The SMILES string of the molecule is [N-]=[N+]=N[C@H](CO)[C@@H]1OC(O)[C@H](O)[C@H]1O. The summed E-state index contributed by atoms with van der Waals surface area (Å²) in [4.78, 5) is 2.45. The van der Waals surface area contributed by atoms with E-state index in [9.17, 15) is 5.11 Å². The highest BCUT2D eigenvalue weighted by molar-refractivity contribution is 4.93. The van der Waals surface area contributed by atoms with E-state index in [1.165, 1.54) is 0 Å². The fourth-order valence-corrected chi connectivity index (χ4v) is 1.28. The van der Waals surface area contributed by atoms with Crippen LogP contribution in [0.15, 0.2) is 5.11 Å². The first-order chi connectivity index (χ1) is 6.61. The fourth-order valence-electron chi connectivity index (χ4n) is 1.28. The maximum absolute atomic E-state index is 9.33. The second-order valence-corrected chi connectivity index (χ2v) is 2.93. The first-order valence-electron chi connectivity index (χ1n) is 3.96. The summed E-state index contributed by atoms with van der Waals surface area (Å²) in [5.74, 6) is 0. The highest BCUT2D eigenvalue weighted by Crippen LogP contribution is 2.23. The van der Waals surface area contributed by atoms with Crippen molar-refractivity contribution in [1.29, 1.82) is 0 Å². The minimum absolute atomic E-state index is 0.536. The van der Waals surface area contributed by atoms with Crippen molar-refractivity contribution in [3.05, 3.63) is 10.4 Å². The molecule has 1 aliphatic heterocycles. The van der Waals surface area contributed by atoms with Crippen LogP contribution >= 0.6 is 0 Å². The van der Waals surface area contributed by atoms with Gasteiger partial charge in [0.05, 0.1) is 12.6 Å². The van der Waals surface area contributed by atoms with E-state index in [1.807, 2.05) is 0 Å². The Hall–Kier alpha value is -0.890. The summed E-state index contributed by atoms with van der Waals surface area (Å²) in [5, 5.41) is 39.4. The van der Waals surface area contributed by atoms with E-state index in [-0.39, 0.29) is 0 Å². The smallest absolute Gasteiger partial charge is 0.183 e. The van der Waals surface area contributed by atoms with Gasteiger partial charge in [-0.05, 0) is 5.53 Å². The molecule has 0 radical (unpaired) electrons. The van der Waals surface area contributed by atoms with Crippen LogP contribution in [0.3, 0.4) is 0 Å². The van der Waals surface area contributed by atoms with E-state index < -0.39 is 37.3 Å². The monoisotopic (exact) mass is 205 g/mol. The number of ether oxygens (including phenoxy) is 1. The summed E-state index contributed by atoms with van der Waals surface area (Å²) in [6.07, 6.45) is -5.46. The van der Waals surface area contributed by atoms with Gasteiger partial charge < -0.3 is 25.2 Å². The van der Waals surface area contributed by atoms with E-state index in [0.29, 0.717) is 0 Å². The summed E-state index contributed by atoms with van der Waals surface area (Å²) in [7, 11) is 0. The summed E-state index contributed by atoms with van der Waals surface area (Å²) in [6.45, 7) is -0.536. The molecule has 0 aromatic heterocycles. The van der Waals surface area contributed by atoms with Gasteiger partial charge in [-0.2, -0.15) is 0 Å². The van der Waals surface area contributed by atoms with Gasteiger partial charge in [-0.1, -0.05) is 5.11 Å². The minimum atomic E-state index is -1.53. The normalized spacial score (nSPS) is 39.1. The molecule has 1 saturated heterocycles. The van der Waals surface area contributed by atoms with Crippen molar-refractivity contribution in [3.8, 4) is 0 Å². The zero-order valence-electron chi connectivity index (χ0n) is 7.13. The molecule has 4 N–H and O–H groups in total. The number of aliphatic hydroxyl groups is 4. The molecule has 0 aliphatic carbocycles. The minimum Gasteiger partial charge on any atom is -0.396 e. The Morgan fingerprint density at radius 1 is 1.36 bits per heavy atom. The number of hydrogen-bond donors (Lipinski definition) is 4. The molecule has 1 aliphatic rings. The molecule has 8 nitrogen and oxygen atoms in total. The molecular weight excluding hydrogens is 194 g/mol. The standard InChI is InChI=1S/C6H11N3O5/c7-9-8-2(1-10)5-3(11)4(12)6(13)14-5/h2-6,10-13H,1H2/t2-,3-,4-,5+,6?/m1/s1. The largest absolute Gasteiger partial charge is 0.396 e. The van der Waals surface area contributed by atoms with E-state index in [2.05, 4.69) is 10.0 Å². The van der Waals surface area contributed by atoms with Crippen molar-refractivity contribution in [2.45, 2.75) is 30.6 Å². The number of rotatable bonds is 3. The molecule has 8 heteroatoms. The molecule has 1 fully saturated rings. The van der Waals surface area contributed by atoms with Crippen molar-refractivity contribution < 1.29 is 25.2 Å². The zero-order chi connectivity index (χ0) is 10.7. The van der Waals surface area contributed by atoms with Gasteiger partial charge in [0.2, 0.25) is 0 Å². The second kappa shape index (κ2) is 4.56. The predicted molar refractivity (Wildman–Crippen MR) is 42.9 cm³/mol. The maximum atomic E-state index is 9.33. The van der Waals surface area contributed by atoms with Gasteiger partial charge in [0.25, 0.3) is 0 Å². The topological polar surface area (TPSA) is 139 Å². The van der Waals surface area contributed by atoms with Gasteiger partial charge in [0.15, 0.2) is 6.29 Å². The van der Waals surface area contributed by atoms with Crippen molar-refractivity contribution >= 4 is 0 Å². The van der Waals surface area contributed by atoms with Gasteiger partial charge in [0.1, 0.15) is 18.3 Å². The fraction of sp³-hybridized carbons (Fsp3) is 1.00. The first kappa shape index (κ1) is 11.2. The van der Waals surface area contributed by atoms with Crippen LogP contribution in [0, 0.1) is 0 Å². The van der Waals surface area contributed by atoms with Crippen LogP contribution in [0.25, 0.3) is 10.4 Å². The quantitative estimate of drug-likeness (QED) is 0.242. The first-order valence-corrected chi connectivity index (χ1v) is 3.96. The van der Waals surface area contributed by atoms with Crippen molar-refractivity contribution in [2.75, 3.05) is 6.61 Å². The van der Waals surface area contributed by atoms with Crippen molar-refractivity contribution in [2.24, 2.45) is 5.11 Å². The van der Waals surface area contributed by atoms with E-state index >= 15 is 0 Å². The van der Waals surface area contributed by atoms with E-state index in [4.69, 9.17) is 25.6 Å². The Morgan fingerprint density at radius 3 is 2.36 bits per heavy atom. The number of hydrogen-bond acceptors (Lipinski definition) is 6. The lowest BCUT2D eigenvalue weighted by molar-refractivity contribution is -0.131. The lowest BCUT2D eigenvalue weighted by atomic mass is 10.1. The molecule has 0 aromatic rings. The number of aliphatic hydroxyl groups excluding tert-OH is 4. The molecule has 14 heavy (non-hydrogen) atoms. The lowest BCUT2D eigenvalue weighted by Gasteiger charge is -2.18. The van der Waals surface area contributed by atoms with Crippen LogP contribution in [0.1, 0.15) is 0 Å². The molecule has 0 saturated carbocycles. The van der Waals surface area contributed by atoms with Gasteiger partial charge in [-0.3, -0.25) is 0 Å². The van der Waals surface area contributed by atoms with Gasteiger partial charge in [-0.25, -0.2) is 0 Å². The Labute approximate surface area is 79.0 Å². The van der Waals surface area contributed by atoms with Gasteiger partial charge in [-0.15, -0.1) is 0 Å². The summed E-state index contributed by atoms with van der Waals surface area (Å²) in [6, 6.07) is -1.03. The molecule has 80 valence electrons. The van der Waals surface area contributed by atoms with Crippen molar-refractivity contribution in [3.63, 3.8) is 0 Å². The van der Waals surface area contributed by atoms with Crippen LogP contribution < -0.4 is 0 Å². The van der Waals surface area contributed by atoms with Crippen LogP contribution in [0.2, 0.25) is 0 Å². The molecule has 0 aromatic carbocycles.